The molecular weight excluding hydrogens is 292 g/mol. The number of para-hydroxylation sites is 1. The van der Waals surface area contributed by atoms with E-state index in [9.17, 15) is 4.79 Å². The summed E-state index contributed by atoms with van der Waals surface area (Å²) < 4.78 is 3.14. The van der Waals surface area contributed by atoms with Crippen LogP contribution in [-0.2, 0) is 7.05 Å². The molecule has 2 aromatic carbocycles. The van der Waals surface area contributed by atoms with Gasteiger partial charge >= 0.3 is 0 Å². The second-order valence-electron chi connectivity index (χ2n) is 5.58. The van der Waals surface area contributed by atoms with Gasteiger partial charge in [-0.1, -0.05) is 29.5 Å². The van der Waals surface area contributed by atoms with Gasteiger partial charge in [0.2, 0.25) is 0 Å². The SMILES string of the molecule is Cc1ccc(C(=O)N=c2sc3cccc(C)c3n2C)cc1C. The molecule has 0 aliphatic rings. The first-order chi connectivity index (χ1) is 10.5. The summed E-state index contributed by atoms with van der Waals surface area (Å²) in [5, 5.41) is 0. The van der Waals surface area contributed by atoms with Crippen molar-refractivity contribution in [1.29, 1.82) is 0 Å². The van der Waals surface area contributed by atoms with E-state index in [1.807, 2.05) is 49.7 Å². The predicted octanol–water partition coefficient (Wildman–Crippen LogP) is 3.91. The second-order valence-corrected chi connectivity index (χ2v) is 6.59. The minimum atomic E-state index is -0.192. The number of aromatic nitrogens is 1. The first-order valence-corrected chi connectivity index (χ1v) is 8.00. The van der Waals surface area contributed by atoms with Crippen LogP contribution in [0.1, 0.15) is 27.0 Å². The highest BCUT2D eigenvalue weighted by molar-refractivity contribution is 7.16. The van der Waals surface area contributed by atoms with E-state index in [1.54, 1.807) is 11.3 Å². The number of carbonyl (C=O) groups is 1. The van der Waals surface area contributed by atoms with Crippen molar-refractivity contribution in [1.82, 2.24) is 4.57 Å². The minimum Gasteiger partial charge on any atom is -0.319 e. The molecule has 3 rings (SSSR count). The predicted molar refractivity (Wildman–Crippen MR) is 91.3 cm³/mol. The van der Waals surface area contributed by atoms with Gasteiger partial charge in [-0.15, -0.1) is 0 Å². The lowest BCUT2D eigenvalue weighted by Gasteiger charge is -2.01. The van der Waals surface area contributed by atoms with Crippen LogP contribution in [-0.4, -0.2) is 10.5 Å². The molecule has 22 heavy (non-hydrogen) atoms. The molecule has 0 atom stereocenters. The number of fused-ring (bicyclic) bond motifs is 1. The third kappa shape index (κ3) is 2.50. The topological polar surface area (TPSA) is 34.4 Å². The zero-order valence-electron chi connectivity index (χ0n) is 13.2. The van der Waals surface area contributed by atoms with Gasteiger partial charge in [0.25, 0.3) is 5.91 Å². The lowest BCUT2D eigenvalue weighted by Crippen LogP contribution is -2.13. The van der Waals surface area contributed by atoms with Crippen molar-refractivity contribution in [3.63, 3.8) is 0 Å². The molecule has 0 radical (unpaired) electrons. The first-order valence-electron chi connectivity index (χ1n) is 7.19. The molecule has 112 valence electrons. The number of benzene rings is 2. The van der Waals surface area contributed by atoms with Gasteiger partial charge in [-0.2, -0.15) is 4.99 Å². The number of thiazole rings is 1. The fourth-order valence-electron chi connectivity index (χ4n) is 2.53. The summed E-state index contributed by atoms with van der Waals surface area (Å²) in [7, 11) is 1.96. The van der Waals surface area contributed by atoms with Gasteiger partial charge in [-0.3, -0.25) is 4.79 Å². The Labute approximate surface area is 133 Å². The Balaban J connectivity index is 2.12. The van der Waals surface area contributed by atoms with Crippen molar-refractivity contribution < 1.29 is 4.79 Å². The molecule has 0 bridgehead atoms. The number of aryl methyl sites for hydroxylation is 4. The molecule has 0 fully saturated rings. The van der Waals surface area contributed by atoms with Crippen molar-refractivity contribution in [2.24, 2.45) is 12.0 Å². The quantitative estimate of drug-likeness (QED) is 0.671. The summed E-state index contributed by atoms with van der Waals surface area (Å²) in [6, 6.07) is 11.9. The molecule has 1 aromatic heterocycles. The summed E-state index contributed by atoms with van der Waals surface area (Å²) in [4.78, 5) is 17.5. The van der Waals surface area contributed by atoms with Crippen molar-refractivity contribution >= 4 is 27.5 Å². The third-order valence-corrected chi connectivity index (χ3v) is 5.07. The normalized spacial score (nSPS) is 12.1. The third-order valence-electron chi connectivity index (χ3n) is 3.98. The lowest BCUT2D eigenvalue weighted by molar-refractivity contribution is 0.0998. The largest absolute Gasteiger partial charge is 0.319 e. The molecule has 0 N–H and O–H groups in total. The number of rotatable bonds is 1. The number of hydrogen-bond acceptors (Lipinski definition) is 2. The van der Waals surface area contributed by atoms with Crippen molar-refractivity contribution in [3.8, 4) is 0 Å². The van der Waals surface area contributed by atoms with E-state index in [1.165, 1.54) is 11.1 Å². The number of carbonyl (C=O) groups excluding carboxylic acids is 1. The van der Waals surface area contributed by atoms with Crippen LogP contribution in [0.5, 0.6) is 0 Å². The molecule has 0 saturated heterocycles. The Kier molecular flexibility index (Phi) is 3.71. The smallest absolute Gasteiger partial charge is 0.279 e. The van der Waals surface area contributed by atoms with Crippen molar-refractivity contribution in [3.05, 3.63) is 63.5 Å². The maximum absolute atomic E-state index is 12.4. The summed E-state index contributed by atoms with van der Waals surface area (Å²) >= 11 is 1.54. The second kappa shape index (κ2) is 5.54. The molecule has 3 nitrogen and oxygen atoms in total. The summed E-state index contributed by atoms with van der Waals surface area (Å²) in [6.45, 7) is 6.12. The Morgan fingerprint density at radius 1 is 1.05 bits per heavy atom. The summed E-state index contributed by atoms with van der Waals surface area (Å²) in [6.07, 6.45) is 0. The van der Waals surface area contributed by atoms with Crippen molar-refractivity contribution in [2.75, 3.05) is 0 Å². The van der Waals surface area contributed by atoms with Gasteiger partial charge in [0, 0.05) is 12.6 Å². The van der Waals surface area contributed by atoms with E-state index in [2.05, 4.69) is 24.0 Å². The maximum Gasteiger partial charge on any atom is 0.279 e. The van der Waals surface area contributed by atoms with Gasteiger partial charge in [-0.25, -0.2) is 0 Å². The molecular formula is C18H18N2OS. The number of nitrogens with zero attached hydrogens (tertiary/aromatic N) is 2. The van der Waals surface area contributed by atoms with Crippen LogP contribution in [0, 0.1) is 20.8 Å². The van der Waals surface area contributed by atoms with Crippen LogP contribution < -0.4 is 4.80 Å². The fraction of sp³-hybridized carbons (Fsp3) is 0.222. The van der Waals surface area contributed by atoms with Gasteiger partial charge in [0.15, 0.2) is 4.80 Å². The van der Waals surface area contributed by atoms with Crippen molar-refractivity contribution in [2.45, 2.75) is 20.8 Å². The molecule has 3 aromatic rings. The van der Waals surface area contributed by atoms with Gasteiger partial charge in [-0.05, 0) is 55.7 Å². The summed E-state index contributed by atoms with van der Waals surface area (Å²) in [5.74, 6) is -0.192. The maximum atomic E-state index is 12.4. The zero-order valence-corrected chi connectivity index (χ0v) is 14.0. The van der Waals surface area contributed by atoms with E-state index in [4.69, 9.17) is 0 Å². The van der Waals surface area contributed by atoms with Gasteiger partial charge < -0.3 is 4.57 Å². The first kappa shape index (κ1) is 14.7. The van der Waals surface area contributed by atoms with Crippen LogP contribution in [0.3, 0.4) is 0 Å². The van der Waals surface area contributed by atoms with Crippen LogP contribution in [0.4, 0.5) is 0 Å². The average Bonchev–Trinajstić information content (AvgIpc) is 2.79. The monoisotopic (exact) mass is 310 g/mol. The van der Waals surface area contributed by atoms with E-state index in [-0.39, 0.29) is 5.91 Å². The van der Waals surface area contributed by atoms with E-state index < -0.39 is 0 Å². The molecule has 0 aliphatic carbocycles. The standard InChI is InChI=1S/C18H18N2OS/c1-11-8-9-14(10-13(11)3)17(21)19-18-20(4)16-12(2)6-5-7-15(16)22-18/h5-10H,1-4H3. The van der Waals surface area contributed by atoms with Crippen LogP contribution in [0.2, 0.25) is 0 Å². The molecule has 0 saturated carbocycles. The van der Waals surface area contributed by atoms with Crippen LogP contribution >= 0.6 is 11.3 Å². The van der Waals surface area contributed by atoms with E-state index >= 15 is 0 Å². The molecule has 0 spiro atoms. The Morgan fingerprint density at radius 2 is 1.82 bits per heavy atom. The molecule has 0 aliphatic heterocycles. The highest BCUT2D eigenvalue weighted by Crippen LogP contribution is 2.20. The highest BCUT2D eigenvalue weighted by atomic mass is 32.1. The van der Waals surface area contributed by atoms with E-state index in [0.717, 1.165) is 20.6 Å². The average molecular weight is 310 g/mol. The Bertz CT molecular complexity index is 947. The van der Waals surface area contributed by atoms with Gasteiger partial charge in [0.1, 0.15) is 0 Å². The Hall–Kier alpha value is -2.20. The fourth-order valence-corrected chi connectivity index (χ4v) is 3.63. The van der Waals surface area contributed by atoms with E-state index in [0.29, 0.717) is 5.56 Å². The highest BCUT2D eigenvalue weighted by Gasteiger charge is 2.09. The number of amides is 1. The minimum absolute atomic E-state index is 0.192. The lowest BCUT2D eigenvalue weighted by atomic mass is 10.1. The molecule has 1 amide bonds. The Morgan fingerprint density at radius 3 is 2.50 bits per heavy atom. The van der Waals surface area contributed by atoms with Crippen LogP contribution in [0.25, 0.3) is 10.2 Å². The molecule has 1 heterocycles. The molecule has 4 heteroatoms. The van der Waals surface area contributed by atoms with Gasteiger partial charge in [0.05, 0.1) is 10.2 Å². The van der Waals surface area contributed by atoms with Crippen LogP contribution in [0.15, 0.2) is 41.4 Å². The summed E-state index contributed by atoms with van der Waals surface area (Å²) in [5.41, 5.74) is 5.25. The molecule has 0 unspecified atom stereocenters. The zero-order chi connectivity index (χ0) is 15.9. The number of hydrogen-bond donors (Lipinski definition) is 0.